The largest absolute Gasteiger partial charge is 0.333 e. The molecule has 0 aromatic heterocycles. The molecule has 2 aromatic carbocycles. The van der Waals surface area contributed by atoms with Gasteiger partial charge in [-0.1, -0.05) is 60.7 Å². The SMILES string of the molecule is CC(=O)N1C2(CCC13CN(Cc1ccccc1)C3=O)CN(Cc1ccccc1)C2=O. The van der Waals surface area contributed by atoms with Crippen molar-refractivity contribution in [2.24, 2.45) is 0 Å². The van der Waals surface area contributed by atoms with Gasteiger partial charge in [-0.25, -0.2) is 0 Å². The number of β-lactam (4-membered cyclic amide) rings is 2. The summed E-state index contributed by atoms with van der Waals surface area (Å²) in [4.78, 5) is 44.3. The summed E-state index contributed by atoms with van der Waals surface area (Å²) in [7, 11) is 0. The molecule has 3 saturated heterocycles. The van der Waals surface area contributed by atoms with Crippen molar-refractivity contribution in [2.75, 3.05) is 13.1 Å². The fourth-order valence-corrected chi connectivity index (χ4v) is 5.53. The highest BCUT2D eigenvalue weighted by Gasteiger charge is 2.72. The zero-order valence-electron chi connectivity index (χ0n) is 17.1. The van der Waals surface area contributed by atoms with Crippen LogP contribution in [0.3, 0.4) is 0 Å². The quantitative estimate of drug-likeness (QED) is 0.736. The second-order valence-corrected chi connectivity index (χ2v) is 8.71. The Morgan fingerprint density at radius 1 is 0.767 bits per heavy atom. The molecule has 154 valence electrons. The molecule has 30 heavy (non-hydrogen) atoms. The highest BCUT2D eigenvalue weighted by Crippen LogP contribution is 2.51. The van der Waals surface area contributed by atoms with E-state index >= 15 is 0 Å². The lowest BCUT2D eigenvalue weighted by atomic mass is 9.84. The van der Waals surface area contributed by atoms with Gasteiger partial charge in [-0.15, -0.1) is 0 Å². The molecule has 3 aliphatic heterocycles. The first-order chi connectivity index (χ1) is 14.5. The van der Waals surface area contributed by atoms with Crippen molar-refractivity contribution in [1.82, 2.24) is 14.7 Å². The Balaban J connectivity index is 1.33. The van der Waals surface area contributed by atoms with Crippen LogP contribution >= 0.6 is 0 Å². The highest BCUT2D eigenvalue weighted by atomic mass is 16.2. The molecule has 0 aliphatic carbocycles. The lowest BCUT2D eigenvalue weighted by Crippen LogP contribution is -2.80. The normalized spacial score (nSPS) is 27.6. The predicted octanol–water partition coefficient (Wildman–Crippen LogP) is 2.19. The summed E-state index contributed by atoms with van der Waals surface area (Å²) >= 11 is 0. The van der Waals surface area contributed by atoms with Crippen molar-refractivity contribution in [1.29, 1.82) is 0 Å². The van der Waals surface area contributed by atoms with Crippen LogP contribution in [0.4, 0.5) is 0 Å². The highest BCUT2D eigenvalue weighted by molar-refractivity contribution is 6.03. The minimum absolute atomic E-state index is 0.0345. The molecule has 2 unspecified atom stereocenters. The van der Waals surface area contributed by atoms with Gasteiger partial charge in [-0.2, -0.15) is 0 Å². The molecule has 5 rings (SSSR count). The molecule has 6 heteroatoms. The van der Waals surface area contributed by atoms with E-state index in [0.717, 1.165) is 11.1 Å². The van der Waals surface area contributed by atoms with Gasteiger partial charge in [0.15, 0.2) is 0 Å². The van der Waals surface area contributed by atoms with Crippen LogP contribution in [0.1, 0.15) is 30.9 Å². The topological polar surface area (TPSA) is 60.9 Å². The van der Waals surface area contributed by atoms with Gasteiger partial charge in [-0.3, -0.25) is 14.4 Å². The number of amides is 3. The van der Waals surface area contributed by atoms with E-state index < -0.39 is 11.1 Å². The first-order valence-corrected chi connectivity index (χ1v) is 10.4. The van der Waals surface area contributed by atoms with Crippen LogP contribution in [-0.2, 0) is 27.5 Å². The molecule has 3 heterocycles. The van der Waals surface area contributed by atoms with Crippen LogP contribution in [0, 0.1) is 0 Å². The molecule has 0 radical (unpaired) electrons. The smallest absolute Gasteiger partial charge is 0.250 e. The minimum Gasteiger partial charge on any atom is -0.333 e. The fourth-order valence-electron chi connectivity index (χ4n) is 5.53. The van der Waals surface area contributed by atoms with Crippen molar-refractivity contribution in [3.8, 4) is 0 Å². The Kier molecular flexibility index (Phi) is 4.20. The van der Waals surface area contributed by atoms with Crippen molar-refractivity contribution in [3.05, 3.63) is 71.8 Å². The molecule has 3 aliphatic rings. The average Bonchev–Trinajstić information content (AvgIpc) is 3.14. The Labute approximate surface area is 176 Å². The van der Waals surface area contributed by atoms with Crippen molar-refractivity contribution in [3.63, 3.8) is 0 Å². The van der Waals surface area contributed by atoms with Crippen LogP contribution in [0.5, 0.6) is 0 Å². The van der Waals surface area contributed by atoms with E-state index in [0.29, 0.717) is 39.0 Å². The summed E-state index contributed by atoms with van der Waals surface area (Å²) in [6.07, 6.45) is 1.11. The molecule has 0 bridgehead atoms. The molecule has 2 aromatic rings. The van der Waals surface area contributed by atoms with Crippen LogP contribution in [0.2, 0.25) is 0 Å². The molecule has 3 amide bonds. The van der Waals surface area contributed by atoms with Gasteiger partial charge in [0.05, 0.1) is 13.1 Å². The van der Waals surface area contributed by atoms with Gasteiger partial charge in [0.25, 0.3) is 11.8 Å². The molecule has 0 saturated carbocycles. The number of carbonyl (C=O) groups is 3. The zero-order chi connectivity index (χ0) is 20.9. The maximum absolute atomic E-state index is 13.2. The molecule has 2 atom stereocenters. The third-order valence-electron chi connectivity index (χ3n) is 6.83. The third kappa shape index (κ3) is 2.59. The monoisotopic (exact) mass is 403 g/mol. The van der Waals surface area contributed by atoms with Gasteiger partial charge in [0.2, 0.25) is 5.91 Å². The second-order valence-electron chi connectivity index (χ2n) is 8.71. The van der Waals surface area contributed by atoms with E-state index in [4.69, 9.17) is 0 Å². The minimum atomic E-state index is -0.852. The lowest BCUT2D eigenvalue weighted by molar-refractivity contribution is -0.187. The fraction of sp³-hybridized carbons (Fsp3) is 0.375. The van der Waals surface area contributed by atoms with Gasteiger partial charge in [0, 0.05) is 20.0 Å². The number of benzene rings is 2. The number of rotatable bonds is 4. The molecule has 2 spiro atoms. The van der Waals surface area contributed by atoms with Gasteiger partial charge < -0.3 is 14.7 Å². The second kappa shape index (κ2) is 6.69. The van der Waals surface area contributed by atoms with Crippen molar-refractivity contribution < 1.29 is 14.4 Å². The maximum atomic E-state index is 13.2. The Hall–Kier alpha value is -3.15. The van der Waals surface area contributed by atoms with E-state index in [-0.39, 0.29) is 17.7 Å². The van der Waals surface area contributed by atoms with Gasteiger partial charge in [0.1, 0.15) is 11.1 Å². The van der Waals surface area contributed by atoms with Gasteiger partial charge >= 0.3 is 0 Å². The molecule has 3 fully saturated rings. The average molecular weight is 403 g/mol. The number of nitrogens with zero attached hydrogens (tertiary/aromatic N) is 3. The van der Waals surface area contributed by atoms with Crippen LogP contribution in [0.25, 0.3) is 0 Å². The molecular formula is C24H25N3O3. The number of hydrogen-bond acceptors (Lipinski definition) is 3. The zero-order valence-corrected chi connectivity index (χ0v) is 17.1. The molecule has 6 nitrogen and oxygen atoms in total. The van der Waals surface area contributed by atoms with E-state index in [1.165, 1.54) is 6.92 Å². The number of carbonyl (C=O) groups excluding carboxylic acids is 3. The molecular weight excluding hydrogens is 378 g/mol. The Morgan fingerprint density at radius 2 is 1.17 bits per heavy atom. The van der Waals surface area contributed by atoms with E-state index in [1.807, 2.05) is 60.7 Å². The van der Waals surface area contributed by atoms with Crippen molar-refractivity contribution in [2.45, 2.75) is 43.9 Å². The van der Waals surface area contributed by atoms with E-state index in [1.54, 1.807) is 14.7 Å². The first-order valence-electron chi connectivity index (χ1n) is 10.4. The van der Waals surface area contributed by atoms with Crippen LogP contribution in [-0.4, -0.2) is 56.6 Å². The number of likely N-dealkylation sites (tertiary alicyclic amines) is 3. The lowest BCUT2D eigenvalue weighted by Gasteiger charge is -2.58. The Bertz CT molecular complexity index is 933. The first kappa shape index (κ1) is 18.9. The predicted molar refractivity (Wildman–Crippen MR) is 111 cm³/mol. The number of hydrogen-bond donors (Lipinski definition) is 0. The summed E-state index contributed by atoms with van der Waals surface area (Å²) in [5.74, 6) is -0.256. The standard InChI is InChI=1S/C24H25N3O3/c1-18(28)27-23(16-25(21(23)29)14-19-8-4-2-5-9-19)12-13-24(27)17-26(22(24)30)15-20-10-6-3-7-11-20/h2-11H,12-17H2,1H3. The van der Waals surface area contributed by atoms with Crippen LogP contribution < -0.4 is 0 Å². The van der Waals surface area contributed by atoms with Crippen LogP contribution in [0.15, 0.2) is 60.7 Å². The van der Waals surface area contributed by atoms with E-state index in [9.17, 15) is 14.4 Å². The third-order valence-corrected chi connectivity index (χ3v) is 6.83. The molecule has 0 N–H and O–H groups in total. The van der Waals surface area contributed by atoms with Crippen molar-refractivity contribution >= 4 is 17.7 Å². The van der Waals surface area contributed by atoms with E-state index in [2.05, 4.69) is 0 Å². The summed E-state index contributed by atoms with van der Waals surface area (Å²) in [6, 6.07) is 19.7. The summed E-state index contributed by atoms with van der Waals surface area (Å²) < 4.78 is 0. The Morgan fingerprint density at radius 3 is 1.50 bits per heavy atom. The van der Waals surface area contributed by atoms with Gasteiger partial charge in [-0.05, 0) is 24.0 Å². The maximum Gasteiger partial charge on any atom is 0.250 e. The summed E-state index contributed by atoms with van der Waals surface area (Å²) in [6.45, 7) is 3.54. The summed E-state index contributed by atoms with van der Waals surface area (Å²) in [5.41, 5.74) is 0.428. The summed E-state index contributed by atoms with van der Waals surface area (Å²) in [5, 5.41) is 0.